The lowest BCUT2D eigenvalue weighted by Gasteiger charge is -2.32. The van der Waals surface area contributed by atoms with Crippen molar-refractivity contribution in [2.75, 3.05) is 13.1 Å². The Labute approximate surface area is 152 Å². The highest BCUT2D eigenvalue weighted by Gasteiger charge is 2.38. The molecule has 0 atom stereocenters. The zero-order chi connectivity index (χ0) is 20.2. The minimum absolute atomic E-state index is 0.0781. The van der Waals surface area contributed by atoms with Gasteiger partial charge in [-0.3, -0.25) is 9.36 Å². The molecule has 0 radical (unpaired) electrons. The van der Waals surface area contributed by atoms with Crippen molar-refractivity contribution in [2.24, 2.45) is 0 Å². The van der Waals surface area contributed by atoms with Crippen molar-refractivity contribution in [1.29, 1.82) is 0 Å². The summed E-state index contributed by atoms with van der Waals surface area (Å²) in [7, 11) is 0. The maximum absolute atomic E-state index is 12.5. The summed E-state index contributed by atoms with van der Waals surface area (Å²) >= 11 is 0. The van der Waals surface area contributed by atoms with Crippen molar-refractivity contribution < 1.29 is 28.2 Å². The van der Waals surface area contributed by atoms with Crippen LogP contribution in [0, 0.1) is 6.92 Å². The van der Waals surface area contributed by atoms with Gasteiger partial charge in [-0.15, -0.1) is 0 Å². The van der Waals surface area contributed by atoms with Crippen molar-refractivity contribution in [3.8, 4) is 0 Å². The highest BCUT2D eigenvalue weighted by Crippen LogP contribution is 2.20. The molecule has 27 heavy (non-hydrogen) atoms. The first-order valence-corrected chi connectivity index (χ1v) is 8.21. The van der Waals surface area contributed by atoms with Crippen LogP contribution in [0.25, 0.3) is 10.9 Å². The second-order valence-corrected chi connectivity index (χ2v) is 6.43. The van der Waals surface area contributed by atoms with E-state index in [-0.39, 0.29) is 5.56 Å². The fourth-order valence-corrected chi connectivity index (χ4v) is 2.82. The monoisotopic (exact) mass is 387 g/mol. The van der Waals surface area contributed by atoms with Crippen LogP contribution >= 0.6 is 0 Å². The quantitative estimate of drug-likeness (QED) is 0.721. The highest BCUT2D eigenvalue weighted by atomic mass is 19.4. The molecule has 0 aliphatic carbocycles. The molecule has 1 fully saturated rings. The third-order valence-corrected chi connectivity index (χ3v) is 4.30. The van der Waals surface area contributed by atoms with Crippen molar-refractivity contribution in [3.63, 3.8) is 0 Å². The van der Waals surface area contributed by atoms with Crippen LogP contribution in [0.1, 0.15) is 18.4 Å². The van der Waals surface area contributed by atoms with E-state index in [4.69, 9.17) is 9.90 Å². The van der Waals surface area contributed by atoms with Crippen molar-refractivity contribution in [2.45, 2.75) is 38.1 Å². The molecule has 0 saturated carbocycles. The standard InChI is InChI=1S/C15H19N3O2.C2HF3O2/c1-11-3-2-4-12-13(11)17-10-18(14(12)19)9-15(20)5-7-16-8-6-15;3-2(4,5)1(6)7/h2-4,10,16,20H,5-9H2,1H3;(H,6,7). The average molecular weight is 387 g/mol. The molecule has 1 aliphatic heterocycles. The largest absolute Gasteiger partial charge is 0.490 e. The van der Waals surface area contributed by atoms with Crippen molar-refractivity contribution in [3.05, 3.63) is 40.4 Å². The second-order valence-electron chi connectivity index (χ2n) is 6.43. The summed E-state index contributed by atoms with van der Waals surface area (Å²) in [6.45, 7) is 3.82. The zero-order valence-corrected chi connectivity index (χ0v) is 14.6. The number of aryl methyl sites for hydroxylation is 1. The lowest BCUT2D eigenvalue weighted by Crippen LogP contribution is -2.46. The Morgan fingerprint density at radius 3 is 2.48 bits per heavy atom. The van der Waals surface area contributed by atoms with Gasteiger partial charge in [0, 0.05) is 0 Å². The molecule has 1 aromatic heterocycles. The number of piperidine rings is 1. The third kappa shape index (κ3) is 5.27. The summed E-state index contributed by atoms with van der Waals surface area (Å²) in [4.78, 5) is 25.8. The molecular weight excluding hydrogens is 367 g/mol. The minimum atomic E-state index is -5.08. The Kier molecular flexibility index (Phi) is 6.22. The van der Waals surface area contributed by atoms with Gasteiger partial charge in [0.05, 0.1) is 29.4 Å². The summed E-state index contributed by atoms with van der Waals surface area (Å²) in [5.41, 5.74) is 0.845. The number of alkyl halides is 3. The maximum atomic E-state index is 12.5. The van der Waals surface area contributed by atoms with E-state index in [9.17, 15) is 23.1 Å². The number of rotatable bonds is 2. The van der Waals surface area contributed by atoms with Crippen LogP contribution in [0.4, 0.5) is 13.2 Å². The van der Waals surface area contributed by atoms with E-state index in [1.54, 1.807) is 12.4 Å². The van der Waals surface area contributed by atoms with E-state index in [0.717, 1.165) is 24.2 Å². The molecule has 2 heterocycles. The fraction of sp³-hybridized carbons (Fsp3) is 0.471. The molecule has 0 amide bonds. The van der Waals surface area contributed by atoms with Gasteiger partial charge < -0.3 is 15.5 Å². The molecule has 3 N–H and O–H groups in total. The molecule has 0 unspecified atom stereocenters. The van der Waals surface area contributed by atoms with Gasteiger partial charge in [-0.1, -0.05) is 12.1 Å². The van der Waals surface area contributed by atoms with Gasteiger partial charge in [-0.05, 0) is 44.5 Å². The van der Waals surface area contributed by atoms with Gasteiger partial charge in [0.25, 0.3) is 5.56 Å². The lowest BCUT2D eigenvalue weighted by atomic mass is 9.92. The molecule has 1 aliphatic rings. The van der Waals surface area contributed by atoms with Crippen LogP contribution in [0.3, 0.4) is 0 Å². The number of carbonyl (C=O) groups is 1. The Bertz CT molecular complexity index is 874. The number of aromatic nitrogens is 2. The number of hydrogen-bond donors (Lipinski definition) is 3. The van der Waals surface area contributed by atoms with E-state index < -0.39 is 17.7 Å². The number of carboxylic acids is 1. The number of nitrogens with zero attached hydrogens (tertiary/aromatic N) is 2. The lowest BCUT2D eigenvalue weighted by molar-refractivity contribution is -0.192. The van der Waals surface area contributed by atoms with E-state index in [1.807, 2.05) is 19.1 Å². The normalized spacial score (nSPS) is 16.5. The third-order valence-electron chi connectivity index (χ3n) is 4.30. The number of fused-ring (bicyclic) bond motifs is 1. The molecule has 10 heteroatoms. The molecule has 0 spiro atoms. The topological polar surface area (TPSA) is 104 Å². The van der Waals surface area contributed by atoms with Gasteiger partial charge in [-0.2, -0.15) is 13.2 Å². The smallest absolute Gasteiger partial charge is 0.475 e. The molecular formula is C17H20F3N3O4. The van der Waals surface area contributed by atoms with Crippen LogP contribution in [0.2, 0.25) is 0 Å². The molecule has 7 nitrogen and oxygen atoms in total. The van der Waals surface area contributed by atoms with Crippen molar-refractivity contribution in [1.82, 2.24) is 14.9 Å². The first kappa shape index (κ1) is 20.8. The highest BCUT2D eigenvalue weighted by molar-refractivity contribution is 5.80. The summed E-state index contributed by atoms with van der Waals surface area (Å²) < 4.78 is 33.3. The number of aliphatic carboxylic acids is 1. The van der Waals surface area contributed by atoms with Crippen LogP contribution in [0.5, 0.6) is 0 Å². The predicted octanol–water partition coefficient (Wildman–Crippen LogP) is 1.45. The van der Waals surface area contributed by atoms with E-state index in [0.29, 0.717) is 24.8 Å². The molecule has 0 bridgehead atoms. The molecule has 1 saturated heterocycles. The summed E-state index contributed by atoms with van der Waals surface area (Å²) in [5.74, 6) is -2.76. The SMILES string of the molecule is Cc1cccc2c(=O)n(CC3(O)CCNCC3)cnc12.O=C(O)C(F)(F)F. The van der Waals surface area contributed by atoms with Crippen LogP contribution in [-0.4, -0.2) is 50.6 Å². The Hall–Kier alpha value is -2.46. The molecule has 2 aromatic rings. The van der Waals surface area contributed by atoms with E-state index in [2.05, 4.69) is 10.3 Å². The molecule has 1 aromatic carbocycles. The summed E-state index contributed by atoms with van der Waals surface area (Å²) in [6.07, 6.45) is -2.21. The summed E-state index contributed by atoms with van der Waals surface area (Å²) in [6, 6.07) is 5.60. The first-order chi connectivity index (χ1) is 12.5. The predicted molar refractivity (Wildman–Crippen MR) is 91.5 cm³/mol. The van der Waals surface area contributed by atoms with E-state index in [1.165, 1.54) is 4.57 Å². The number of hydrogen-bond acceptors (Lipinski definition) is 5. The number of nitrogens with one attached hydrogen (secondary N) is 1. The molecule has 3 rings (SSSR count). The average Bonchev–Trinajstić information content (AvgIpc) is 2.58. The van der Waals surface area contributed by atoms with Gasteiger partial charge in [0.2, 0.25) is 0 Å². The Balaban J connectivity index is 0.000000321. The van der Waals surface area contributed by atoms with Gasteiger partial charge in [0.15, 0.2) is 0 Å². The van der Waals surface area contributed by atoms with E-state index >= 15 is 0 Å². The second kappa shape index (κ2) is 8.05. The first-order valence-electron chi connectivity index (χ1n) is 8.21. The summed E-state index contributed by atoms with van der Waals surface area (Å²) in [5, 5.41) is 21.5. The number of aliphatic hydroxyl groups is 1. The number of para-hydroxylation sites is 1. The Morgan fingerprint density at radius 2 is 1.93 bits per heavy atom. The van der Waals surface area contributed by atoms with Gasteiger partial charge in [0.1, 0.15) is 0 Å². The maximum Gasteiger partial charge on any atom is 0.490 e. The van der Waals surface area contributed by atoms with Crippen molar-refractivity contribution >= 4 is 16.9 Å². The Morgan fingerprint density at radius 1 is 1.33 bits per heavy atom. The van der Waals surface area contributed by atoms with Gasteiger partial charge in [-0.25, -0.2) is 9.78 Å². The van der Waals surface area contributed by atoms with Crippen LogP contribution < -0.4 is 10.9 Å². The molecule has 148 valence electrons. The number of carboxylic acid groups (broad SMARTS) is 1. The zero-order valence-electron chi connectivity index (χ0n) is 14.6. The number of halogens is 3. The minimum Gasteiger partial charge on any atom is -0.475 e. The van der Waals surface area contributed by atoms with Crippen LogP contribution in [-0.2, 0) is 11.3 Å². The van der Waals surface area contributed by atoms with Crippen LogP contribution in [0.15, 0.2) is 29.3 Å². The van der Waals surface area contributed by atoms with Gasteiger partial charge >= 0.3 is 12.1 Å². The number of benzene rings is 1. The fourth-order valence-electron chi connectivity index (χ4n) is 2.82.